The Morgan fingerprint density at radius 2 is 1.70 bits per heavy atom. The van der Waals surface area contributed by atoms with Crippen LogP contribution in [0.3, 0.4) is 0 Å². The standard InChI is InChI=1S/C17H20INS/c1-3-19-13(2)15-6-10-17(11-7-15)20-12-14-4-8-16(18)9-5-14/h4-11,13,19H,3,12H2,1-2H3. The number of nitrogens with one attached hydrogen (secondary N) is 1. The fraction of sp³-hybridized carbons (Fsp3) is 0.294. The zero-order valence-electron chi connectivity index (χ0n) is 11.9. The molecule has 0 fully saturated rings. The third kappa shape index (κ3) is 4.79. The highest BCUT2D eigenvalue weighted by atomic mass is 127. The Bertz CT molecular complexity index is 522. The van der Waals surface area contributed by atoms with Crippen LogP contribution in [0.4, 0.5) is 0 Å². The molecule has 0 spiro atoms. The van der Waals surface area contributed by atoms with Crippen molar-refractivity contribution in [3.63, 3.8) is 0 Å². The van der Waals surface area contributed by atoms with Gasteiger partial charge in [-0.15, -0.1) is 11.8 Å². The van der Waals surface area contributed by atoms with Gasteiger partial charge in [0.25, 0.3) is 0 Å². The van der Waals surface area contributed by atoms with E-state index in [9.17, 15) is 0 Å². The van der Waals surface area contributed by atoms with Crippen LogP contribution in [-0.4, -0.2) is 6.54 Å². The molecule has 3 heteroatoms. The first kappa shape index (κ1) is 15.9. The molecule has 2 aromatic rings. The molecule has 0 aromatic heterocycles. The lowest BCUT2D eigenvalue weighted by atomic mass is 10.1. The summed E-state index contributed by atoms with van der Waals surface area (Å²) in [7, 11) is 0. The highest BCUT2D eigenvalue weighted by Gasteiger charge is 2.03. The van der Waals surface area contributed by atoms with Crippen molar-refractivity contribution < 1.29 is 0 Å². The molecule has 1 atom stereocenters. The predicted octanol–water partition coefficient (Wildman–Crippen LogP) is 5.25. The zero-order valence-corrected chi connectivity index (χ0v) is 14.9. The molecule has 2 rings (SSSR count). The molecule has 0 heterocycles. The third-order valence-corrected chi connectivity index (χ3v) is 5.01. The molecule has 0 aliphatic rings. The van der Waals surface area contributed by atoms with Crippen molar-refractivity contribution in [3.05, 3.63) is 63.2 Å². The first-order chi connectivity index (χ1) is 9.69. The molecule has 0 amide bonds. The molecule has 0 saturated heterocycles. The van der Waals surface area contributed by atoms with E-state index in [-0.39, 0.29) is 0 Å². The predicted molar refractivity (Wildman–Crippen MR) is 97.3 cm³/mol. The smallest absolute Gasteiger partial charge is 0.0291 e. The van der Waals surface area contributed by atoms with Gasteiger partial charge < -0.3 is 5.32 Å². The average molecular weight is 397 g/mol. The fourth-order valence-electron chi connectivity index (χ4n) is 2.02. The number of rotatable bonds is 6. The van der Waals surface area contributed by atoms with Crippen molar-refractivity contribution in [3.8, 4) is 0 Å². The molecule has 2 aromatic carbocycles. The number of benzene rings is 2. The van der Waals surface area contributed by atoms with E-state index >= 15 is 0 Å². The highest BCUT2D eigenvalue weighted by Crippen LogP contribution is 2.24. The second kappa shape index (κ2) is 8.05. The Balaban J connectivity index is 1.92. The maximum atomic E-state index is 3.44. The van der Waals surface area contributed by atoms with Crippen molar-refractivity contribution in [1.82, 2.24) is 5.32 Å². The van der Waals surface area contributed by atoms with Crippen LogP contribution in [0, 0.1) is 3.57 Å². The van der Waals surface area contributed by atoms with Crippen molar-refractivity contribution in [2.45, 2.75) is 30.5 Å². The topological polar surface area (TPSA) is 12.0 Å². The van der Waals surface area contributed by atoms with Gasteiger partial charge in [-0.1, -0.05) is 31.2 Å². The minimum Gasteiger partial charge on any atom is -0.310 e. The summed E-state index contributed by atoms with van der Waals surface area (Å²) in [5.41, 5.74) is 2.73. The summed E-state index contributed by atoms with van der Waals surface area (Å²) < 4.78 is 1.29. The van der Waals surface area contributed by atoms with Gasteiger partial charge in [-0.25, -0.2) is 0 Å². The quantitative estimate of drug-likeness (QED) is 0.528. The van der Waals surface area contributed by atoms with E-state index < -0.39 is 0 Å². The van der Waals surface area contributed by atoms with Crippen molar-refractivity contribution in [1.29, 1.82) is 0 Å². The van der Waals surface area contributed by atoms with Gasteiger partial charge >= 0.3 is 0 Å². The van der Waals surface area contributed by atoms with Crippen LogP contribution in [0.2, 0.25) is 0 Å². The summed E-state index contributed by atoms with van der Waals surface area (Å²) in [6.45, 7) is 5.35. The largest absolute Gasteiger partial charge is 0.310 e. The van der Waals surface area contributed by atoms with Crippen LogP contribution in [0.15, 0.2) is 53.4 Å². The van der Waals surface area contributed by atoms with Gasteiger partial charge in [0.2, 0.25) is 0 Å². The summed E-state index contributed by atoms with van der Waals surface area (Å²) in [5.74, 6) is 1.03. The van der Waals surface area contributed by atoms with E-state index in [4.69, 9.17) is 0 Å². The van der Waals surface area contributed by atoms with Crippen LogP contribution in [0.5, 0.6) is 0 Å². The van der Waals surface area contributed by atoms with Gasteiger partial charge in [0.1, 0.15) is 0 Å². The maximum absolute atomic E-state index is 3.44. The van der Waals surface area contributed by atoms with Gasteiger partial charge in [-0.2, -0.15) is 0 Å². The SMILES string of the molecule is CCNC(C)c1ccc(SCc2ccc(I)cc2)cc1. The van der Waals surface area contributed by atoms with E-state index in [1.165, 1.54) is 19.6 Å². The fourth-order valence-corrected chi connectivity index (χ4v) is 3.24. The average Bonchev–Trinajstić information content (AvgIpc) is 2.47. The van der Waals surface area contributed by atoms with Crippen molar-refractivity contribution in [2.75, 3.05) is 6.54 Å². The first-order valence-electron chi connectivity index (χ1n) is 6.89. The van der Waals surface area contributed by atoms with Crippen molar-refractivity contribution in [2.24, 2.45) is 0 Å². The Morgan fingerprint density at radius 1 is 1.05 bits per heavy atom. The van der Waals surface area contributed by atoms with Gasteiger partial charge in [0, 0.05) is 20.3 Å². The Morgan fingerprint density at radius 3 is 2.30 bits per heavy atom. The van der Waals surface area contributed by atoms with Crippen molar-refractivity contribution >= 4 is 34.4 Å². The van der Waals surface area contributed by atoms with Crippen LogP contribution < -0.4 is 5.32 Å². The van der Waals surface area contributed by atoms with E-state index in [0.717, 1.165) is 12.3 Å². The second-order valence-corrected chi connectivity index (χ2v) is 7.06. The van der Waals surface area contributed by atoms with E-state index in [1.807, 2.05) is 11.8 Å². The maximum Gasteiger partial charge on any atom is 0.0291 e. The second-order valence-electron chi connectivity index (χ2n) is 4.76. The number of hydrogen-bond donors (Lipinski definition) is 1. The minimum absolute atomic E-state index is 0.426. The summed E-state index contributed by atoms with van der Waals surface area (Å²) in [6.07, 6.45) is 0. The molecule has 0 bridgehead atoms. The van der Waals surface area contributed by atoms with E-state index in [2.05, 4.69) is 90.3 Å². The molecule has 0 aliphatic carbocycles. The number of thioether (sulfide) groups is 1. The van der Waals surface area contributed by atoms with Gasteiger partial charge in [0.05, 0.1) is 0 Å². The van der Waals surface area contributed by atoms with Crippen LogP contribution >= 0.6 is 34.4 Å². The number of hydrogen-bond acceptors (Lipinski definition) is 2. The summed E-state index contributed by atoms with van der Waals surface area (Å²) in [4.78, 5) is 1.33. The lowest BCUT2D eigenvalue weighted by Gasteiger charge is -2.13. The molecular weight excluding hydrogens is 377 g/mol. The molecule has 1 nitrogen and oxygen atoms in total. The number of halogens is 1. The highest BCUT2D eigenvalue weighted by molar-refractivity contribution is 14.1. The molecule has 0 saturated carbocycles. The van der Waals surface area contributed by atoms with Gasteiger partial charge in [0.15, 0.2) is 0 Å². The molecule has 0 aliphatic heterocycles. The van der Waals surface area contributed by atoms with Crippen LogP contribution in [0.1, 0.15) is 31.0 Å². The third-order valence-electron chi connectivity index (χ3n) is 3.21. The molecule has 1 N–H and O–H groups in total. The summed E-state index contributed by atoms with van der Waals surface area (Å²) >= 11 is 4.23. The molecular formula is C17H20INS. The normalized spacial score (nSPS) is 12.3. The Kier molecular flexibility index (Phi) is 6.39. The molecule has 1 unspecified atom stereocenters. The van der Waals surface area contributed by atoms with E-state index in [0.29, 0.717) is 6.04 Å². The van der Waals surface area contributed by atoms with E-state index in [1.54, 1.807) is 0 Å². The lowest BCUT2D eigenvalue weighted by Crippen LogP contribution is -2.17. The summed E-state index contributed by atoms with van der Waals surface area (Å²) in [5, 5.41) is 3.44. The Labute approximate surface area is 139 Å². The van der Waals surface area contributed by atoms with Gasteiger partial charge in [-0.05, 0) is 71.5 Å². The zero-order chi connectivity index (χ0) is 14.4. The molecule has 20 heavy (non-hydrogen) atoms. The van der Waals surface area contributed by atoms with Crippen LogP contribution in [0.25, 0.3) is 0 Å². The van der Waals surface area contributed by atoms with Gasteiger partial charge in [-0.3, -0.25) is 0 Å². The Hall–Kier alpha value is -0.520. The molecule has 0 radical (unpaired) electrons. The monoisotopic (exact) mass is 397 g/mol. The summed E-state index contributed by atoms with van der Waals surface area (Å²) in [6, 6.07) is 18.1. The first-order valence-corrected chi connectivity index (χ1v) is 8.96. The van der Waals surface area contributed by atoms with Crippen LogP contribution in [-0.2, 0) is 5.75 Å². The molecule has 106 valence electrons. The minimum atomic E-state index is 0.426. The lowest BCUT2D eigenvalue weighted by molar-refractivity contribution is 0.598.